The third-order valence-corrected chi connectivity index (χ3v) is 5.90. The zero-order valence-corrected chi connectivity index (χ0v) is 14.1. The van der Waals surface area contributed by atoms with Crippen molar-refractivity contribution in [1.29, 1.82) is 0 Å². The molecule has 0 aliphatic heterocycles. The molecule has 1 aromatic carbocycles. The second kappa shape index (κ2) is 5.87. The Kier molecular flexibility index (Phi) is 3.82. The number of phenolic OH excluding ortho intramolecular Hbond substituents is 1. The molecule has 0 aromatic heterocycles. The van der Waals surface area contributed by atoms with Gasteiger partial charge in [0.2, 0.25) is 0 Å². The first-order valence-corrected chi connectivity index (χ1v) is 9.04. The van der Waals surface area contributed by atoms with E-state index in [2.05, 4.69) is 10.6 Å². The van der Waals surface area contributed by atoms with Crippen molar-refractivity contribution in [1.82, 2.24) is 10.6 Å². The molecule has 0 radical (unpaired) electrons. The zero-order valence-electron chi connectivity index (χ0n) is 14.1. The quantitative estimate of drug-likeness (QED) is 0.741. The largest absolute Gasteiger partial charge is 0.508 e. The van der Waals surface area contributed by atoms with Crippen molar-refractivity contribution in [2.75, 3.05) is 0 Å². The Balaban J connectivity index is 1.32. The van der Waals surface area contributed by atoms with E-state index < -0.39 is 6.23 Å². The molecule has 5 rings (SSSR count). The number of amides is 2. The van der Waals surface area contributed by atoms with Crippen LogP contribution in [-0.2, 0) is 0 Å². The third-order valence-electron chi connectivity index (χ3n) is 5.90. The predicted octanol–water partition coefficient (Wildman–Crippen LogP) is 3.39. The van der Waals surface area contributed by atoms with Gasteiger partial charge in [-0.2, -0.15) is 0 Å². The summed E-state index contributed by atoms with van der Waals surface area (Å²) in [6.45, 7) is 1.81. The van der Waals surface area contributed by atoms with Crippen molar-refractivity contribution in [3.8, 4) is 11.5 Å². The molecule has 2 amide bonds. The first kappa shape index (κ1) is 15.6. The number of aromatic hydroxyl groups is 1. The Labute approximate surface area is 142 Å². The van der Waals surface area contributed by atoms with E-state index in [1.165, 1.54) is 19.3 Å². The monoisotopic (exact) mass is 330 g/mol. The average Bonchev–Trinajstić information content (AvgIpc) is 2.47. The average molecular weight is 330 g/mol. The fourth-order valence-electron chi connectivity index (χ4n) is 5.48. The van der Waals surface area contributed by atoms with Gasteiger partial charge in [-0.1, -0.05) is 0 Å². The normalized spacial score (nSPS) is 34.6. The second-order valence-electron chi connectivity index (χ2n) is 8.05. The minimum Gasteiger partial charge on any atom is -0.508 e. The van der Waals surface area contributed by atoms with Crippen molar-refractivity contribution in [2.45, 2.75) is 57.2 Å². The number of hydrogen-bond donors (Lipinski definition) is 3. The van der Waals surface area contributed by atoms with E-state index >= 15 is 0 Å². The molecule has 130 valence electrons. The Morgan fingerprint density at radius 1 is 1.12 bits per heavy atom. The molecule has 1 aromatic rings. The van der Waals surface area contributed by atoms with E-state index in [0.717, 1.165) is 37.0 Å². The first-order valence-electron chi connectivity index (χ1n) is 9.04. The van der Waals surface area contributed by atoms with Crippen LogP contribution in [0.4, 0.5) is 4.79 Å². The highest BCUT2D eigenvalue weighted by Gasteiger charge is 2.51. The summed E-state index contributed by atoms with van der Waals surface area (Å²) in [5.74, 6) is 3.24. The summed E-state index contributed by atoms with van der Waals surface area (Å²) in [6.07, 6.45) is 7.08. The summed E-state index contributed by atoms with van der Waals surface area (Å²) in [5, 5.41) is 15.5. The van der Waals surface area contributed by atoms with Gasteiger partial charge >= 0.3 is 6.03 Å². The number of benzene rings is 1. The van der Waals surface area contributed by atoms with Crippen molar-refractivity contribution in [3.05, 3.63) is 24.3 Å². The Morgan fingerprint density at radius 2 is 1.67 bits per heavy atom. The lowest BCUT2D eigenvalue weighted by Gasteiger charge is -2.56. The molecule has 1 atom stereocenters. The van der Waals surface area contributed by atoms with Crippen molar-refractivity contribution >= 4 is 6.03 Å². The Hall–Kier alpha value is -1.91. The Morgan fingerprint density at radius 3 is 2.21 bits per heavy atom. The lowest BCUT2D eigenvalue weighted by molar-refractivity contribution is -0.0141. The van der Waals surface area contributed by atoms with Crippen LogP contribution in [0.25, 0.3) is 0 Å². The number of ether oxygens (including phenoxy) is 1. The number of rotatable bonds is 4. The molecule has 1 unspecified atom stereocenters. The van der Waals surface area contributed by atoms with E-state index in [1.807, 2.05) is 6.92 Å². The molecular weight excluding hydrogens is 304 g/mol. The highest BCUT2D eigenvalue weighted by Crippen LogP contribution is 2.55. The van der Waals surface area contributed by atoms with Gasteiger partial charge in [0.15, 0.2) is 6.23 Å². The molecule has 4 aliphatic rings. The van der Waals surface area contributed by atoms with Crippen LogP contribution in [0, 0.1) is 17.8 Å². The van der Waals surface area contributed by atoms with Gasteiger partial charge in [0.1, 0.15) is 11.5 Å². The van der Waals surface area contributed by atoms with Crippen LogP contribution in [0.1, 0.15) is 45.4 Å². The lowest BCUT2D eigenvalue weighted by Crippen LogP contribution is -2.62. The van der Waals surface area contributed by atoms with Gasteiger partial charge in [0.05, 0.1) is 0 Å². The van der Waals surface area contributed by atoms with Gasteiger partial charge < -0.3 is 20.5 Å². The van der Waals surface area contributed by atoms with Gasteiger partial charge in [0.25, 0.3) is 0 Å². The van der Waals surface area contributed by atoms with Gasteiger partial charge in [-0.25, -0.2) is 4.79 Å². The summed E-state index contributed by atoms with van der Waals surface area (Å²) in [4.78, 5) is 12.4. The van der Waals surface area contributed by atoms with Crippen molar-refractivity contribution < 1.29 is 14.6 Å². The summed E-state index contributed by atoms with van der Waals surface area (Å²) < 4.78 is 5.68. The molecule has 4 fully saturated rings. The molecule has 0 saturated heterocycles. The highest BCUT2D eigenvalue weighted by molar-refractivity contribution is 5.75. The van der Waals surface area contributed by atoms with Gasteiger partial charge in [-0.05, 0) is 87.5 Å². The zero-order chi connectivity index (χ0) is 16.7. The molecule has 0 spiro atoms. The number of nitrogens with one attached hydrogen (secondary N) is 2. The Bertz CT molecular complexity index is 578. The van der Waals surface area contributed by atoms with Crippen molar-refractivity contribution in [2.24, 2.45) is 17.8 Å². The minimum absolute atomic E-state index is 0.0110. The summed E-state index contributed by atoms with van der Waals surface area (Å²) in [5.41, 5.74) is 0.0110. The smallest absolute Gasteiger partial charge is 0.318 e. The molecule has 0 heterocycles. The van der Waals surface area contributed by atoms with E-state index in [-0.39, 0.29) is 17.3 Å². The van der Waals surface area contributed by atoms with Crippen LogP contribution in [0.15, 0.2) is 24.3 Å². The number of hydrogen-bond acceptors (Lipinski definition) is 3. The van der Waals surface area contributed by atoms with Crippen LogP contribution in [0.5, 0.6) is 11.5 Å². The summed E-state index contributed by atoms with van der Waals surface area (Å²) in [7, 11) is 0. The predicted molar refractivity (Wildman–Crippen MR) is 90.8 cm³/mol. The standard InChI is InChI=1S/C19H26N2O3/c1-12(24-17-4-2-16(22)3-5-17)20-18(23)21-19-9-13-6-14(10-19)8-15(7-13)11-19/h2-5,12-15,22H,6-11H2,1H3,(H2,20,21,23). The summed E-state index contributed by atoms with van der Waals surface area (Å²) >= 11 is 0. The van der Waals surface area contributed by atoms with E-state index in [9.17, 15) is 9.90 Å². The minimum atomic E-state index is -0.427. The number of carbonyl (C=O) groups excluding carboxylic acids is 1. The maximum Gasteiger partial charge on any atom is 0.318 e. The highest BCUT2D eigenvalue weighted by atomic mass is 16.5. The van der Waals surface area contributed by atoms with E-state index in [1.54, 1.807) is 24.3 Å². The fourth-order valence-corrected chi connectivity index (χ4v) is 5.48. The molecule has 5 heteroatoms. The maximum absolute atomic E-state index is 12.4. The molecular formula is C19H26N2O3. The topological polar surface area (TPSA) is 70.6 Å². The van der Waals surface area contributed by atoms with Gasteiger partial charge in [0, 0.05) is 5.54 Å². The summed E-state index contributed by atoms with van der Waals surface area (Å²) in [6, 6.07) is 6.37. The molecule has 4 bridgehead atoms. The molecule has 4 saturated carbocycles. The molecule has 4 aliphatic carbocycles. The first-order chi connectivity index (χ1) is 11.5. The number of phenols is 1. The van der Waals surface area contributed by atoms with Gasteiger partial charge in [-0.3, -0.25) is 0 Å². The third kappa shape index (κ3) is 3.17. The molecule has 3 N–H and O–H groups in total. The fraction of sp³-hybridized carbons (Fsp3) is 0.632. The van der Waals surface area contributed by atoms with E-state index in [4.69, 9.17) is 4.74 Å². The van der Waals surface area contributed by atoms with E-state index in [0.29, 0.717) is 5.75 Å². The van der Waals surface area contributed by atoms with Crippen LogP contribution in [0.3, 0.4) is 0 Å². The van der Waals surface area contributed by atoms with Crippen molar-refractivity contribution in [3.63, 3.8) is 0 Å². The second-order valence-corrected chi connectivity index (χ2v) is 8.05. The maximum atomic E-state index is 12.4. The number of carbonyl (C=O) groups is 1. The van der Waals surface area contributed by atoms with Crippen LogP contribution in [-0.4, -0.2) is 22.9 Å². The van der Waals surface area contributed by atoms with Crippen LogP contribution < -0.4 is 15.4 Å². The number of urea groups is 1. The molecule has 24 heavy (non-hydrogen) atoms. The lowest BCUT2D eigenvalue weighted by atomic mass is 9.53. The van der Waals surface area contributed by atoms with Crippen LogP contribution >= 0.6 is 0 Å². The SMILES string of the molecule is CC(NC(=O)NC12CC3CC(CC(C3)C1)C2)Oc1ccc(O)cc1. The van der Waals surface area contributed by atoms with Gasteiger partial charge in [-0.15, -0.1) is 0 Å². The molecule has 5 nitrogen and oxygen atoms in total. The van der Waals surface area contributed by atoms with Crippen LogP contribution in [0.2, 0.25) is 0 Å².